The topological polar surface area (TPSA) is 37.3 Å². The molecule has 0 aliphatic carbocycles. The number of benzene rings is 1. The average Bonchev–Trinajstić information content (AvgIpc) is 3.22. The molecule has 2 aromatic rings. The van der Waals surface area contributed by atoms with Crippen LogP contribution in [0, 0.1) is 0 Å². The van der Waals surface area contributed by atoms with Gasteiger partial charge in [-0.3, -0.25) is 0 Å². The van der Waals surface area contributed by atoms with Crippen LogP contribution >= 0.6 is 11.3 Å². The lowest BCUT2D eigenvalue weighted by molar-refractivity contribution is -0.0580. The molecule has 1 aromatic heterocycles. The minimum atomic E-state index is 0.176. The minimum Gasteiger partial charge on any atom is -0.377 e. The van der Waals surface area contributed by atoms with E-state index >= 15 is 0 Å². The molecule has 2 saturated heterocycles. The summed E-state index contributed by atoms with van der Waals surface area (Å²) < 4.78 is 11.7. The van der Waals surface area contributed by atoms with E-state index in [9.17, 15) is 0 Å². The van der Waals surface area contributed by atoms with Gasteiger partial charge in [0, 0.05) is 25.2 Å². The van der Waals surface area contributed by atoms with Crippen LogP contribution in [0.1, 0.15) is 31.9 Å². The third kappa shape index (κ3) is 4.21. The summed E-state index contributed by atoms with van der Waals surface area (Å²) in [5, 5.41) is 4.32. The molecule has 2 fully saturated rings. The fraction of sp³-hybridized carbons (Fsp3) is 0.440. The summed E-state index contributed by atoms with van der Waals surface area (Å²) in [5.74, 6) is 1.91. The highest BCUT2D eigenvalue weighted by Crippen LogP contribution is 2.29. The van der Waals surface area contributed by atoms with Gasteiger partial charge in [0.1, 0.15) is 5.84 Å². The highest BCUT2D eigenvalue weighted by Gasteiger charge is 2.29. The number of fused-ring (bicyclic) bond motifs is 1. The molecular formula is C25H29N3O2S. The van der Waals surface area contributed by atoms with Gasteiger partial charge in [-0.1, -0.05) is 17.9 Å². The fourth-order valence-electron chi connectivity index (χ4n) is 4.60. The van der Waals surface area contributed by atoms with Crippen LogP contribution < -0.4 is 0 Å². The molecule has 0 radical (unpaired) electrons. The van der Waals surface area contributed by atoms with Gasteiger partial charge in [-0.05, 0) is 66.4 Å². The Morgan fingerprint density at radius 1 is 1.10 bits per heavy atom. The Kier molecular flexibility index (Phi) is 5.72. The van der Waals surface area contributed by atoms with Crippen molar-refractivity contribution in [2.75, 3.05) is 32.8 Å². The predicted molar refractivity (Wildman–Crippen MR) is 126 cm³/mol. The minimum absolute atomic E-state index is 0.176. The average molecular weight is 436 g/mol. The van der Waals surface area contributed by atoms with Gasteiger partial charge in [-0.15, -0.1) is 0 Å². The van der Waals surface area contributed by atoms with E-state index in [0.717, 1.165) is 55.6 Å². The largest absolute Gasteiger partial charge is 0.377 e. The van der Waals surface area contributed by atoms with Gasteiger partial charge in [-0.25, -0.2) is 4.99 Å². The van der Waals surface area contributed by atoms with Crippen LogP contribution in [0.3, 0.4) is 0 Å². The second-order valence-corrected chi connectivity index (χ2v) is 9.42. The van der Waals surface area contributed by atoms with Crippen LogP contribution in [-0.2, 0) is 9.47 Å². The molecule has 31 heavy (non-hydrogen) atoms. The van der Waals surface area contributed by atoms with E-state index in [4.69, 9.17) is 14.5 Å². The molecule has 0 unspecified atom stereocenters. The standard InChI is InChI=1S/C25H29N3O2S/c1-17-15-29-10-9-28(17)25-23-6-4-20(22-8-11-31-16-22)12-21(23)5-7-24(26-25)27-13-18(2)30-19(3)14-27/h4-6,8,11-12,16-19H,9-10,13-15H2,1-3H3/t17-,18-,19+/m0/s1. The smallest absolute Gasteiger partial charge is 0.175 e. The molecule has 6 heteroatoms. The van der Waals surface area contributed by atoms with Crippen molar-refractivity contribution < 1.29 is 9.47 Å². The lowest BCUT2D eigenvalue weighted by Gasteiger charge is -2.38. The van der Waals surface area contributed by atoms with Crippen molar-refractivity contribution in [2.45, 2.75) is 39.0 Å². The SMILES string of the molecule is C[C@@H]1CN(C2=C=Cc3cc(-c4ccsc4)ccc3C(N3CCOC[C@@H]3C)=N2)C[C@H](C)O1. The molecule has 0 spiro atoms. The molecule has 0 saturated carbocycles. The number of hydrogen-bond donors (Lipinski definition) is 0. The van der Waals surface area contributed by atoms with Crippen LogP contribution in [0.2, 0.25) is 0 Å². The zero-order valence-corrected chi connectivity index (χ0v) is 19.2. The Labute approximate surface area is 188 Å². The van der Waals surface area contributed by atoms with E-state index in [-0.39, 0.29) is 18.2 Å². The number of rotatable bonds is 2. The number of hydrogen-bond acceptors (Lipinski definition) is 6. The maximum atomic E-state index is 5.95. The van der Waals surface area contributed by atoms with E-state index in [2.05, 4.69) is 77.4 Å². The second kappa shape index (κ2) is 8.64. The van der Waals surface area contributed by atoms with E-state index in [1.165, 1.54) is 11.1 Å². The van der Waals surface area contributed by atoms with Gasteiger partial charge < -0.3 is 19.3 Å². The summed E-state index contributed by atoms with van der Waals surface area (Å²) in [6.07, 6.45) is 2.46. The molecule has 5 nitrogen and oxygen atoms in total. The summed E-state index contributed by atoms with van der Waals surface area (Å²) in [6, 6.07) is 9.13. The van der Waals surface area contributed by atoms with Crippen LogP contribution in [-0.4, -0.2) is 66.7 Å². The van der Waals surface area contributed by atoms with Crippen molar-refractivity contribution in [1.82, 2.24) is 9.80 Å². The fourth-order valence-corrected chi connectivity index (χ4v) is 5.27. The lowest BCUT2D eigenvalue weighted by atomic mass is 9.99. The third-order valence-electron chi connectivity index (χ3n) is 6.07. The zero-order chi connectivity index (χ0) is 21.4. The quantitative estimate of drug-likeness (QED) is 0.653. The van der Waals surface area contributed by atoms with Crippen LogP contribution in [0.25, 0.3) is 17.2 Å². The number of ether oxygens (including phenoxy) is 2. The molecule has 1 aromatic carbocycles. The van der Waals surface area contributed by atoms with Crippen molar-refractivity contribution in [3.63, 3.8) is 0 Å². The number of thiophene rings is 1. The molecule has 0 N–H and O–H groups in total. The predicted octanol–water partition coefficient (Wildman–Crippen LogP) is 4.46. The summed E-state index contributed by atoms with van der Waals surface area (Å²) in [7, 11) is 0. The molecule has 4 heterocycles. The molecule has 3 atom stereocenters. The van der Waals surface area contributed by atoms with Crippen LogP contribution in [0.4, 0.5) is 0 Å². The number of amidine groups is 1. The maximum Gasteiger partial charge on any atom is 0.175 e. The highest BCUT2D eigenvalue weighted by molar-refractivity contribution is 7.08. The zero-order valence-electron chi connectivity index (χ0n) is 18.4. The van der Waals surface area contributed by atoms with Gasteiger partial charge >= 0.3 is 0 Å². The first-order valence-corrected chi connectivity index (χ1v) is 12.0. The first-order valence-electron chi connectivity index (χ1n) is 11.1. The maximum absolute atomic E-state index is 5.95. The molecule has 0 amide bonds. The Morgan fingerprint density at radius 2 is 1.94 bits per heavy atom. The molecule has 3 aliphatic heterocycles. The molecule has 5 rings (SSSR count). The number of morpholine rings is 2. The molecule has 0 bridgehead atoms. The summed E-state index contributed by atoms with van der Waals surface area (Å²) in [5.41, 5.74) is 8.32. The van der Waals surface area contributed by atoms with Gasteiger partial charge in [0.25, 0.3) is 0 Å². The Bertz CT molecular complexity index is 1030. The molecule has 162 valence electrons. The van der Waals surface area contributed by atoms with E-state index < -0.39 is 0 Å². The van der Waals surface area contributed by atoms with Crippen molar-refractivity contribution in [2.24, 2.45) is 4.99 Å². The normalized spacial score (nSPS) is 26.2. The van der Waals surface area contributed by atoms with Crippen molar-refractivity contribution in [3.05, 3.63) is 57.7 Å². The van der Waals surface area contributed by atoms with Crippen LogP contribution in [0.5, 0.6) is 0 Å². The molecular weight excluding hydrogens is 406 g/mol. The molecule has 3 aliphatic rings. The Morgan fingerprint density at radius 3 is 2.68 bits per heavy atom. The van der Waals surface area contributed by atoms with E-state index in [1.807, 2.05) is 0 Å². The Balaban J connectivity index is 1.60. The highest BCUT2D eigenvalue weighted by atomic mass is 32.1. The lowest BCUT2D eigenvalue weighted by Crippen LogP contribution is -2.48. The van der Waals surface area contributed by atoms with Gasteiger partial charge in [-0.2, -0.15) is 11.3 Å². The second-order valence-electron chi connectivity index (χ2n) is 8.64. The monoisotopic (exact) mass is 435 g/mol. The summed E-state index contributed by atoms with van der Waals surface area (Å²) in [6.45, 7) is 10.4. The first-order chi connectivity index (χ1) is 15.1. The van der Waals surface area contributed by atoms with Gasteiger partial charge in [0.2, 0.25) is 0 Å². The van der Waals surface area contributed by atoms with E-state index in [0.29, 0.717) is 0 Å². The van der Waals surface area contributed by atoms with Crippen LogP contribution in [0.15, 0.2) is 51.6 Å². The summed E-state index contributed by atoms with van der Waals surface area (Å²) >= 11 is 1.72. The van der Waals surface area contributed by atoms with Crippen molar-refractivity contribution >= 4 is 23.2 Å². The van der Waals surface area contributed by atoms with Gasteiger partial charge in [0.05, 0.1) is 31.5 Å². The van der Waals surface area contributed by atoms with E-state index in [1.54, 1.807) is 11.3 Å². The third-order valence-corrected chi connectivity index (χ3v) is 6.76. The Hall–Kier alpha value is -2.37. The van der Waals surface area contributed by atoms with Gasteiger partial charge in [0.15, 0.2) is 5.82 Å². The first kappa shape index (κ1) is 20.5. The number of nitrogens with zero attached hydrogens (tertiary/aromatic N) is 3. The van der Waals surface area contributed by atoms with Crippen molar-refractivity contribution in [3.8, 4) is 11.1 Å². The number of aliphatic imine (C=N–C) groups is 1. The van der Waals surface area contributed by atoms with Crippen molar-refractivity contribution in [1.29, 1.82) is 0 Å². The summed E-state index contributed by atoms with van der Waals surface area (Å²) in [4.78, 5) is 9.91.